The molecule has 33 heavy (non-hydrogen) atoms. The molecule has 1 N–H and O–H groups in total. The molecule has 1 aromatic rings. The fourth-order valence-corrected chi connectivity index (χ4v) is 4.46. The molecule has 0 saturated carbocycles. The maximum absolute atomic E-state index is 13.1. The summed E-state index contributed by atoms with van der Waals surface area (Å²) in [5.74, 6) is -0.646. The molecule has 0 saturated heterocycles. The third kappa shape index (κ3) is 8.30. The van der Waals surface area contributed by atoms with Gasteiger partial charge >= 0.3 is 11.9 Å². The topological polar surface area (TPSA) is 116 Å². The Labute approximate surface area is 197 Å². The monoisotopic (exact) mass is 486 g/mol. The highest BCUT2D eigenvalue weighted by Gasteiger charge is 2.48. The van der Waals surface area contributed by atoms with Crippen LogP contribution in [0.1, 0.15) is 71.8 Å². The van der Waals surface area contributed by atoms with Gasteiger partial charge < -0.3 is 14.2 Å². The van der Waals surface area contributed by atoms with Crippen LogP contribution in [0.3, 0.4) is 0 Å². The Morgan fingerprint density at radius 3 is 2.15 bits per heavy atom. The van der Waals surface area contributed by atoms with Gasteiger partial charge in [-0.25, -0.2) is 0 Å². The lowest BCUT2D eigenvalue weighted by atomic mass is 9.64. The van der Waals surface area contributed by atoms with E-state index in [1.807, 2.05) is 39.8 Å². The van der Waals surface area contributed by atoms with Gasteiger partial charge in [-0.05, 0) is 70.1 Å². The van der Waals surface area contributed by atoms with Crippen LogP contribution in [0, 0.1) is 10.8 Å². The molecule has 9 heteroatoms. The van der Waals surface area contributed by atoms with Gasteiger partial charge in [-0.2, -0.15) is 8.42 Å². The van der Waals surface area contributed by atoms with E-state index in [1.165, 1.54) is 7.11 Å². The first-order valence-electron chi connectivity index (χ1n) is 11.3. The third-order valence-electron chi connectivity index (χ3n) is 6.36. The summed E-state index contributed by atoms with van der Waals surface area (Å²) in [5, 5.41) is 0. The van der Waals surface area contributed by atoms with E-state index in [4.69, 9.17) is 18.8 Å². The van der Waals surface area contributed by atoms with Crippen molar-refractivity contribution >= 4 is 22.1 Å². The molecule has 0 amide bonds. The first-order chi connectivity index (χ1) is 15.3. The van der Waals surface area contributed by atoms with Gasteiger partial charge in [-0.3, -0.25) is 14.1 Å². The number of esters is 2. The number of carbonyl (C=O) groups excluding carboxylic acids is 2. The molecule has 1 aromatic carbocycles. The number of unbranched alkanes of at least 4 members (excludes halogenated alkanes) is 1. The minimum absolute atomic E-state index is 0.243. The molecule has 0 spiro atoms. The van der Waals surface area contributed by atoms with Crippen molar-refractivity contribution in [3.63, 3.8) is 0 Å². The SMILES string of the molecule is CCOC(=O)C(C)(CC(C)(CC)C(=O)OC)C(C)c1ccc(OCCCCS(=O)(=O)O)cc1. The zero-order valence-corrected chi connectivity index (χ0v) is 21.4. The van der Waals surface area contributed by atoms with Crippen molar-refractivity contribution < 1.29 is 36.8 Å². The molecule has 0 heterocycles. The summed E-state index contributed by atoms with van der Waals surface area (Å²) >= 11 is 0. The van der Waals surface area contributed by atoms with Gasteiger partial charge in [0.05, 0.1) is 36.9 Å². The molecule has 1 rings (SSSR count). The molecule has 0 radical (unpaired) electrons. The largest absolute Gasteiger partial charge is 0.494 e. The first kappa shape index (κ1) is 28.9. The fraction of sp³-hybridized carbons (Fsp3) is 0.667. The van der Waals surface area contributed by atoms with Crippen molar-refractivity contribution in [2.24, 2.45) is 10.8 Å². The number of hydrogen-bond acceptors (Lipinski definition) is 7. The number of carbonyl (C=O) groups is 2. The van der Waals surface area contributed by atoms with Crippen LogP contribution in [0.25, 0.3) is 0 Å². The van der Waals surface area contributed by atoms with Gasteiger partial charge in [0, 0.05) is 0 Å². The highest BCUT2D eigenvalue weighted by Crippen LogP contribution is 2.47. The van der Waals surface area contributed by atoms with Gasteiger partial charge in [0.25, 0.3) is 10.1 Å². The summed E-state index contributed by atoms with van der Waals surface area (Å²) in [5.41, 5.74) is -0.907. The van der Waals surface area contributed by atoms with Gasteiger partial charge in [-0.1, -0.05) is 26.0 Å². The van der Waals surface area contributed by atoms with Crippen molar-refractivity contribution in [2.75, 3.05) is 26.1 Å². The van der Waals surface area contributed by atoms with Crippen LogP contribution in [0.4, 0.5) is 0 Å². The van der Waals surface area contributed by atoms with E-state index in [2.05, 4.69) is 0 Å². The molecule has 0 fully saturated rings. The quantitative estimate of drug-likeness (QED) is 0.234. The second-order valence-electron chi connectivity index (χ2n) is 8.85. The van der Waals surface area contributed by atoms with Crippen LogP contribution in [0.15, 0.2) is 24.3 Å². The lowest BCUT2D eigenvalue weighted by Gasteiger charge is -2.39. The lowest BCUT2D eigenvalue weighted by molar-refractivity contribution is -0.163. The fourth-order valence-electron chi connectivity index (χ4n) is 3.89. The number of ether oxygens (including phenoxy) is 3. The molecular weight excluding hydrogens is 448 g/mol. The van der Waals surface area contributed by atoms with Crippen LogP contribution in [-0.4, -0.2) is 51.0 Å². The van der Waals surface area contributed by atoms with E-state index in [9.17, 15) is 18.0 Å². The summed E-state index contributed by atoms with van der Waals surface area (Å²) in [6.45, 7) is 9.79. The molecular formula is C24H38O8S. The van der Waals surface area contributed by atoms with Crippen molar-refractivity contribution in [2.45, 2.75) is 66.2 Å². The van der Waals surface area contributed by atoms with Crippen molar-refractivity contribution in [1.29, 1.82) is 0 Å². The van der Waals surface area contributed by atoms with E-state index in [0.29, 0.717) is 31.6 Å². The number of benzene rings is 1. The van der Waals surface area contributed by atoms with E-state index >= 15 is 0 Å². The Bertz CT molecular complexity index is 880. The van der Waals surface area contributed by atoms with Crippen molar-refractivity contribution in [3.8, 4) is 5.75 Å². The van der Waals surface area contributed by atoms with E-state index in [1.54, 1.807) is 19.1 Å². The zero-order valence-electron chi connectivity index (χ0n) is 20.5. The molecule has 3 unspecified atom stereocenters. The minimum atomic E-state index is -3.95. The summed E-state index contributed by atoms with van der Waals surface area (Å²) in [4.78, 5) is 25.6. The third-order valence-corrected chi connectivity index (χ3v) is 7.16. The van der Waals surface area contributed by atoms with Gasteiger partial charge in [0.1, 0.15) is 5.75 Å². The molecule has 0 aromatic heterocycles. The predicted octanol–water partition coefficient (Wildman–Crippen LogP) is 4.39. The lowest BCUT2D eigenvalue weighted by Crippen LogP contribution is -2.43. The first-order valence-corrected chi connectivity index (χ1v) is 12.9. The van der Waals surface area contributed by atoms with Crippen molar-refractivity contribution in [3.05, 3.63) is 29.8 Å². The summed E-state index contributed by atoms with van der Waals surface area (Å²) in [6, 6.07) is 7.33. The number of methoxy groups -OCH3 is 1. The second kappa shape index (κ2) is 12.4. The van der Waals surface area contributed by atoms with E-state index in [-0.39, 0.29) is 36.6 Å². The number of hydrogen-bond donors (Lipinski definition) is 1. The maximum Gasteiger partial charge on any atom is 0.312 e. The van der Waals surface area contributed by atoms with Gasteiger partial charge in [0.15, 0.2) is 0 Å². The second-order valence-corrected chi connectivity index (χ2v) is 10.4. The molecule has 0 aliphatic carbocycles. The van der Waals surface area contributed by atoms with Gasteiger partial charge in [0.2, 0.25) is 0 Å². The maximum atomic E-state index is 13.1. The standard InChI is InChI=1S/C24H38O8S/c1-7-23(4,21(25)30-6)17-24(5,22(26)31-8-2)18(3)19-11-13-20(14-12-19)32-15-9-10-16-33(27,28)29/h11-14,18H,7-10,15-17H2,1-6H3,(H,27,28,29). The van der Waals surface area contributed by atoms with Crippen LogP contribution < -0.4 is 4.74 Å². The molecule has 3 atom stereocenters. The Morgan fingerprint density at radius 2 is 1.67 bits per heavy atom. The molecule has 0 aliphatic rings. The Morgan fingerprint density at radius 1 is 1.06 bits per heavy atom. The molecule has 188 valence electrons. The van der Waals surface area contributed by atoms with E-state index < -0.39 is 20.9 Å². The number of rotatable bonds is 14. The van der Waals surface area contributed by atoms with Crippen molar-refractivity contribution in [1.82, 2.24) is 0 Å². The van der Waals surface area contributed by atoms with Crippen LogP contribution in [-0.2, 0) is 29.2 Å². The highest BCUT2D eigenvalue weighted by molar-refractivity contribution is 7.85. The average molecular weight is 487 g/mol. The molecule has 0 bridgehead atoms. The minimum Gasteiger partial charge on any atom is -0.494 e. The molecule has 0 aliphatic heterocycles. The van der Waals surface area contributed by atoms with Crippen LogP contribution in [0.5, 0.6) is 5.75 Å². The summed E-state index contributed by atoms with van der Waals surface area (Å²) in [7, 11) is -2.60. The Balaban J connectivity index is 3.00. The van der Waals surface area contributed by atoms with Gasteiger partial charge in [-0.15, -0.1) is 0 Å². The smallest absolute Gasteiger partial charge is 0.312 e. The Hall–Kier alpha value is -2.13. The highest BCUT2D eigenvalue weighted by atomic mass is 32.2. The Kier molecular flexibility index (Phi) is 10.8. The van der Waals surface area contributed by atoms with E-state index in [0.717, 1.165) is 5.56 Å². The predicted molar refractivity (Wildman–Crippen MR) is 126 cm³/mol. The zero-order chi connectivity index (χ0) is 25.3. The van der Waals surface area contributed by atoms with Crippen LogP contribution in [0.2, 0.25) is 0 Å². The summed E-state index contributed by atoms with van der Waals surface area (Å²) in [6.07, 6.45) is 1.59. The normalized spacial score (nSPS) is 16.2. The average Bonchev–Trinajstić information content (AvgIpc) is 2.77. The van der Waals surface area contributed by atoms with Crippen LogP contribution >= 0.6 is 0 Å². The summed E-state index contributed by atoms with van der Waals surface area (Å²) < 4.78 is 46.3. The molecule has 8 nitrogen and oxygen atoms in total.